The van der Waals surface area contributed by atoms with Crippen LogP contribution in [0.2, 0.25) is 0 Å². The average Bonchev–Trinajstić information content (AvgIpc) is 2.27. The van der Waals surface area contributed by atoms with Gasteiger partial charge in [-0.1, -0.05) is 0 Å². The molecule has 2 N–H and O–H groups in total. The number of ether oxygens (including phenoxy) is 1. The molecule has 0 radical (unpaired) electrons. The number of carboxylic acid groups (broad SMARTS) is 1. The number of aromatic carboxylic acids is 1. The first-order valence-electron chi connectivity index (χ1n) is 4.90. The van der Waals surface area contributed by atoms with E-state index in [9.17, 15) is 4.79 Å². The zero-order valence-corrected chi connectivity index (χ0v) is 8.54. The second-order valence-corrected chi connectivity index (χ2v) is 3.55. The van der Waals surface area contributed by atoms with Crippen LogP contribution in [0.5, 0.6) is 5.75 Å². The van der Waals surface area contributed by atoms with Gasteiger partial charge in [0.15, 0.2) is 0 Å². The molecule has 1 aliphatic heterocycles. The lowest BCUT2D eigenvalue weighted by molar-refractivity contribution is 0.0696. The fourth-order valence-corrected chi connectivity index (χ4v) is 1.85. The number of methoxy groups -OCH3 is 1. The molecule has 0 atom stereocenters. The van der Waals surface area contributed by atoms with Crippen LogP contribution in [0.4, 0.5) is 5.69 Å². The molecule has 2 rings (SSSR count). The second kappa shape index (κ2) is 3.81. The summed E-state index contributed by atoms with van der Waals surface area (Å²) in [5, 5.41) is 12.2. The summed E-state index contributed by atoms with van der Waals surface area (Å²) < 4.78 is 5.18. The van der Waals surface area contributed by atoms with Crippen molar-refractivity contribution in [2.24, 2.45) is 0 Å². The fraction of sp³-hybridized carbons (Fsp3) is 0.364. The number of nitrogens with one attached hydrogen (secondary N) is 1. The van der Waals surface area contributed by atoms with E-state index < -0.39 is 5.97 Å². The van der Waals surface area contributed by atoms with Gasteiger partial charge < -0.3 is 15.2 Å². The number of hydrogen-bond acceptors (Lipinski definition) is 3. The first-order chi connectivity index (χ1) is 7.22. The molecule has 1 aromatic rings. The van der Waals surface area contributed by atoms with Gasteiger partial charge in [-0.15, -0.1) is 0 Å². The van der Waals surface area contributed by atoms with Crippen LogP contribution in [0.3, 0.4) is 0 Å². The minimum atomic E-state index is -0.915. The molecule has 0 amide bonds. The van der Waals surface area contributed by atoms with Gasteiger partial charge in [0, 0.05) is 6.54 Å². The number of hydrogen-bond donors (Lipinski definition) is 2. The van der Waals surface area contributed by atoms with Gasteiger partial charge in [-0.3, -0.25) is 0 Å². The van der Waals surface area contributed by atoms with E-state index in [4.69, 9.17) is 9.84 Å². The normalized spacial score (nSPS) is 13.9. The molecule has 0 aromatic heterocycles. The van der Waals surface area contributed by atoms with Gasteiger partial charge in [0.1, 0.15) is 5.75 Å². The summed E-state index contributed by atoms with van der Waals surface area (Å²) >= 11 is 0. The zero-order valence-electron chi connectivity index (χ0n) is 8.54. The van der Waals surface area contributed by atoms with Gasteiger partial charge in [-0.25, -0.2) is 4.79 Å². The number of rotatable bonds is 2. The van der Waals surface area contributed by atoms with Crippen molar-refractivity contribution < 1.29 is 14.6 Å². The minimum absolute atomic E-state index is 0.286. The second-order valence-electron chi connectivity index (χ2n) is 3.55. The highest BCUT2D eigenvalue weighted by atomic mass is 16.5. The molecule has 0 saturated carbocycles. The lowest BCUT2D eigenvalue weighted by Crippen LogP contribution is -2.14. The van der Waals surface area contributed by atoms with Crippen LogP contribution in [0.1, 0.15) is 22.3 Å². The molecule has 1 aromatic carbocycles. The lowest BCUT2D eigenvalue weighted by atomic mass is 10.00. The maximum atomic E-state index is 10.9. The molecule has 1 aliphatic rings. The number of carboxylic acids is 1. The number of carbonyl (C=O) groups is 1. The third-order valence-corrected chi connectivity index (χ3v) is 2.58. The fourth-order valence-electron chi connectivity index (χ4n) is 1.85. The van der Waals surface area contributed by atoms with Crippen LogP contribution in [0.15, 0.2) is 12.1 Å². The number of fused-ring (bicyclic) bond motifs is 1. The Morgan fingerprint density at radius 1 is 1.53 bits per heavy atom. The van der Waals surface area contributed by atoms with Gasteiger partial charge in [0.25, 0.3) is 0 Å². The van der Waals surface area contributed by atoms with Crippen LogP contribution in [0.25, 0.3) is 0 Å². The molecular formula is C11H13NO3. The highest BCUT2D eigenvalue weighted by Gasteiger charge is 2.17. The summed E-state index contributed by atoms with van der Waals surface area (Å²) in [6.07, 6.45) is 1.93. The molecule has 0 saturated heterocycles. The van der Waals surface area contributed by atoms with Crippen molar-refractivity contribution in [1.29, 1.82) is 0 Å². The summed E-state index contributed by atoms with van der Waals surface area (Å²) in [6.45, 7) is 0.912. The third-order valence-electron chi connectivity index (χ3n) is 2.58. The van der Waals surface area contributed by atoms with E-state index in [0.29, 0.717) is 5.75 Å². The van der Waals surface area contributed by atoms with Gasteiger partial charge in [0.05, 0.1) is 18.4 Å². The summed E-state index contributed by atoms with van der Waals surface area (Å²) in [7, 11) is 1.55. The zero-order chi connectivity index (χ0) is 10.8. The Morgan fingerprint density at radius 2 is 2.33 bits per heavy atom. The van der Waals surface area contributed by atoms with E-state index in [1.54, 1.807) is 19.2 Å². The summed E-state index contributed by atoms with van der Waals surface area (Å²) in [5.41, 5.74) is 2.25. The number of benzene rings is 1. The Kier molecular flexibility index (Phi) is 2.49. The third kappa shape index (κ3) is 1.75. The van der Waals surface area contributed by atoms with E-state index in [-0.39, 0.29) is 5.56 Å². The predicted molar refractivity (Wildman–Crippen MR) is 56.8 cm³/mol. The van der Waals surface area contributed by atoms with E-state index in [2.05, 4.69) is 5.32 Å². The molecule has 0 aliphatic carbocycles. The van der Waals surface area contributed by atoms with E-state index in [0.717, 1.165) is 30.6 Å². The first-order valence-corrected chi connectivity index (χ1v) is 4.90. The van der Waals surface area contributed by atoms with Crippen LogP contribution in [0, 0.1) is 0 Å². The first kappa shape index (κ1) is 9.83. The highest BCUT2D eigenvalue weighted by molar-refractivity contribution is 5.90. The predicted octanol–water partition coefficient (Wildman–Crippen LogP) is 1.75. The topological polar surface area (TPSA) is 58.6 Å². The Morgan fingerprint density at radius 3 is 3.00 bits per heavy atom. The van der Waals surface area contributed by atoms with Crippen LogP contribution in [-0.2, 0) is 6.42 Å². The molecule has 0 bridgehead atoms. The smallest absolute Gasteiger partial charge is 0.335 e. The average molecular weight is 207 g/mol. The minimum Gasteiger partial charge on any atom is -0.495 e. The monoisotopic (exact) mass is 207 g/mol. The molecular weight excluding hydrogens is 194 g/mol. The molecule has 4 nitrogen and oxygen atoms in total. The van der Waals surface area contributed by atoms with Gasteiger partial charge in [-0.2, -0.15) is 0 Å². The van der Waals surface area contributed by atoms with Crippen LogP contribution < -0.4 is 10.1 Å². The van der Waals surface area contributed by atoms with Gasteiger partial charge >= 0.3 is 5.97 Å². The van der Waals surface area contributed by atoms with Crippen molar-refractivity contribution in [3.63, 3.8) is 0 Å². The number of aryl methyl sites for hydroxylation is 1. The van der Waals surface area contributed by atoms with Gasteiger partial charge in [0.2, 0.25) is 0 Å². The quantitative estimate of drug-likeness (QED) is 0.775. The summed E-state index contributed by atoms with van der Waals surface area (Å²) in [4.78, 5) is 10.9. The molecule has 80 valence electrons. The molecule has 1 heterocycles. The van der Waals surface area contributed by atoms with Crippen molar-refractivity contribution in [3.05, 3.63) is 23.3 Å². The summed E-state index contributed by atoms with van der Waals surface area (Å²) in [5.74, 6) is -0.300. The van der Waals surface area contributed by atoms with Crippen LogP contribution in [-0.4, -0.2) is 24.7 Å². The highest BCUT2D eigenvalue weighted by Crippen LogP contribution is 2.33. The Balaban J connectivity index is 2.52. The van der Waals surface area contributed by atoms with Crippen molar-refractivity contribution in [2.45, 2.75) is 12.8 Å². The van der Waals surface area contributed by atoms with Crippen molar-refractivity contribution >= 4 is 11.7 Å². The Bertz CT molecular complexity index is 384. The van der Waals surface area contributed by atoms with Crippen molar-refractivity contribution in [2.75, 3.05) is 19.0 Å². The largest absolute Gasteiger partial charge is 0.495 e. The van der Waals surface area contributed by atoms with E-state index in [1.165, 1.54) is 0 Å². The summed E-state index contributed by atoms with van der Waals surface area (Å²) in [6, 6.07) is 3.27. The number of anilines is 1. The molecule has 4 heteroatoms. The van der Waals surface area contributed by atoms with Crippen molar-refractivity contribution in [3.8, 4) is 5.75 Å². The maximum absolute atomic E-state index is 10.9. The maximum Gasteiger partial charge on any atom is 0.335 e. The Hall–Kier alpha value is -1.71. The van der Waals surface area contributed by atoms with E-state index in [1.807, 2.05) is 0 Å². The lowest BCUT2D eigenvalue weighted by Gasteiger charge is -2.21. The molecule has 0 fully saturated rings. The van der Waals surface area contributed by atoms with Crippen LogP contribution >= 0.6 is 0 Å². The molecule has 15 heavy (non-hydrogen) atoms. The van der Waals surface area contributed by atoms with Gasteiger partial charge in [-0.05, 0) is 30.5 Å². The standard InChI is InChI=1S/C11H13NO3/c1-15-9-6-8(11(13)14)5-7-3-2-4-12-10(7)9/h5-6,12H,2-4H2,1H3,(H,13,14). The Labute approximate surface area is 87.9 Å². The molecule has 0 unspecified atom stereocenters. The van der Waals surface area contributed by atoms with Crippen molar-refractivity contribution in [1.82, 2.24) is 0 Å². The molecule has 0 spiro atoms. The SMILES string of the molecule is COc1cc(C(=O)O)cc2c1NCCC2. The van der Waals surface area contributed by atoms with E-state index >= 15 is 0 Å².